The van der Waals surface area contributed by atoms with Gasteiger partial charge in [0.25, 0.3) is 0 Å². The number of rotatable bonds is 3. The molecule has 0 bridgehead atoms. The van der Waals surface area contributed by atoms with Crippen molar-refractivity contribution in [1.82, 2.24) is 0 Å². The van der Waals surface area contributed by atoms with Crippen LogP contribution in [0.4, 0.5) is 11.4 Å². The third kappa shape index (κ3) is 3.72. The Hall–Kier alpha value is -1.30. The molecule has 0 unspecified atom stereocenters. The smallest absolute Gasteiger partial charge is 0.227 e. The van der Waals surface area contributed by atoms with Crippen molar-refractivity contribution in [2.75, 3.05) is 49.7 Å². The van der Waals surface area contributed by atoms with Crippen molar-refractivity contribution in [3.8, 4) is 0 Å². The number of nitrogens with zero attached hydrogens (tertiary/aromatic N) is 1. The minimum atomic E-state index is 0.0188. The summed E-state index contributed by atoms with van der Waals surface area (Å²) < 4.78 is 10.7. The molecule has 0 saturated carbocycles. The van der Waals surface area contributed by atoms with Gasteiger partial charge in [-0.2, -0.15) is 0 Å². The van der Waals surface area contributed by atoms with E-state index in [-0.39, 0.29) is 11.8 Å². The molecule has 3 rings (SSSR count). The molecule has 2 heterocycles. The number of hydrogen-bond donors (Lipinski definition) is 1. The predicted molar refractivity (Wildman–Crippen MR) is 86.7 cm³/mol. The molecule has 1 N–H and O–H groups in total. The molecule has 6 heteroatoms. The average molecular weight is 325 g/mol. The van der Waals surface area contributed by atoms with Gasteiger partial charge in [-0.1, -0.05) is 11.6 Å². The van der Waals surface area contributed by atoms with E-state index in [1.165, 1.54) is 0 Å². The minimum absolute atomic E-state index is 0.0188. The van der Waals surface area contributed by atoms with Gasteiger partial charge in [0.1, 0.15) is 0 Å². The Morgan fingerprint density at radius 1 is 1.14 bits per heavy atom. The highest BCUT2D eigenvalue weighted by Gasteiger charge is 2.23. The zero-order valence-electron chi connectivity index (χ0n) is 12.5. The normalized spacial score (nSPS) is 20.0. The first-order valence-corrected chi connectivity index (χ1v) is 8.13. The summed E-state index contributed by atoms with van der Waals surface area (Å²) in [5.41, 5.74) is 1.79. The standard InChI is InChI=1S/C16H21ClN2O3/c17-13-1-2-15(19-5-9-22-10-6-19)14(11-13)18-16(20)12-3-7-21-8-4-12/h1-2,11-12H,3-10H2,(H,18,20). The van der Waals surface area contributed by atoms with Crippen LogP contribution in [0.15, 0.2) is 18.2 Å². The van der Waals surface area contributed by atoms with E-state index in [1.54, 1.807) is 0 Å². The molecule has 5 nitrogen and oxygen atoms in total. The van der Waals surface area contributed by atoms with Crippen LogP contribution in [0.2, 0.25) is 5.02 Å². The molecule has 1 aromatic rings. The van der Waals surface area contributed by atoms with Gasteiger partial charge >= 0.3 is 0 Å². The molecule has 2 aliphatic heterocycles. The summed E-state index contributed by atoms with van der Waals surface area (Å²) in [6, 6.07) is 5.65. The quantitative estimate of drug-likeness (QED) is 0.928. The fourth-order valence-corrected chi connectivity index (χ4v) is 3.06. The first-order chi connectivity index (χ1) is 10.7. The fourth-order valence-electron chi connectivity index (χ4n) is 2.88. The number of carbonyl (C=O) groups excluding carboxylic acids is 1. The number of halogens is 1. The van der Waals surface area contributed by atoms with Crippen LogP contribution in [-0.2, 0) is 14.3 Å². The number of nitrogens with one attached hydrogen (secondary N) is 1. The third-order valence-electron chi connectivity index (χ3n) is 4.16. The van der Waals surface area contributed by atoms with Crippen molar-refractivity contribution in [1.29, 1.82) is 0 Å². The monoisotopic (exact) mass is 324 g/mol. The van der Waals surface area contributed by atoms with Crippen molar-refractivity contribution in [2.24, 2.45) is 5.92 Å². The average Bonchev–Trinajstić information content (AvgIpc) is 2.56. The fraction of sp³-hybridized carbons (Fsp3) is 0.562. The van der Waals surface area contributed by atoms with Gasteiger partial charge in [0, 0.05) is 37.2 Å². The summed E-state index contributed by atoms with van der Waals surface area (Å²) in [4.78, 5) is 14.7. The summed E-state index contributed by atoms with van der Waals surface area (Å²) in [5.74, 6) is 0.0744. The van der Waals surface area contributed by atoms with Crippen LogP contribution in [0.25, 0.3) is 0 Å². The SMILES string of the molecule is O=C(Nc1cc(Cl)ccc1N1CCOCC1)C1CCOCC1. The Morgan fingerprint density at radius 2 is 1.82 bits per heavy atom. The van der Waals surface area contributed by atoms with E-state index in [9.17, 15) is 4.79 Å². The largest absolute Gasteiger partial charge is 0.381 e. The maximum absolute atomic E-state index is 12.5. The van der Waals surface area contributed by atoms with E-state index in [0.29, 0.717) is 31.5 Å². The molecule has 120 valence electrons. The zero-order valence-corrected chi connectivity index (χ0v) is 13.3. The van der Waals surface area contributed by atoms with Crippen LogP contribution < -0.4 is 10.2 Å². The predicted octanol–water partition coefficient (Wildman–Crippen LogP) is 2.54. The Kier molecular flexibility index (Phi) is 5.18. The third-order valence-corrected chi connectivity index (χ3v) is 4.40. The first-order valence-electron chi connectivity index (χ1n) is 7.75. The lowest BCUT2D eigenvalue weighted by atomic mass is 9.99. The molecule has 2 saturated heterocycles. The van der Waals surface area contributed by atoms with Crippen LogP contribution in [0.5, 0.6) is 0 Å². The Balaban J connectivity index is 1.76. The lowest BCUT2D eigenvalue weighted by Crippen LogP contribution is -2.37. The number of benzene rings is 1. The molecule has 22 heavy (non-hydrogen) atoms. The lowest BCUT2D eigenvalue weighted by molar-refractivity contribution is -0.122. The Labute approximate surface area is 135 Å². The summed E-state index contributed by atoms with van der Waals surface area (Å²) in [5, 5.41) is 3.68. The van der Waals surface area contributed by atoms with Crippen molar-refractivity contribution >= 4 is 28.9 Å². The molecule has 0 spiro atoms. The topological polar surface area (TPSA) is 50.8 Å². The zero-order chi connectivity index (χ0) is 15.4. The molecule has 1 amide bonds. The molecular formula is C16H21ClN2O3. The number of morpholine rings is 1. The van der Waals surface area contributed by atoms with Crippen LogP contribution in [-0.4, -0.2) is 45.4 Å². The summed E-state index contributed by atoms with van der Waals surface area (Å²) in [7, 11) is 0. The van der Waals surface area contributed by atoms with E-state index in [1.807, 2.05) is 18.2 Å². The van der Waals surface area contributed by atoms with Gasteiger partial charge in [0.2, 0.25) is 5.91 Å². The maximum Gasteiger partial charge on any atom is 0.227 e. The van der Waals surface area contributed by atoms with Crippen LogP contribution >= 0.6 is 11.6 Å². The second kappa shape index (κ2) is 7.31. The lowest BCUT2D eigenvalue weighted by Gasteiger charge is -2.31. The molecule has 1 aromatic carbocycles. The van der Waals surface area contributed by atoms with Gasteiger partial charge < -0.3 is 19.7 Å². The van der Waals surface area contributed by atoms with E-state index >= 15 is 0 Å². The van der Waals surface area contributed by atoms with Gasteiger partial charge in [-0.15, -0.1) is 0 Å². The second-order valence-electron chi connectivity index (χ2n) is 5.64. The minimum Gasteiger partial charge on any atom is -0.381 e. The molecule has 2 aliphatic rings. The van der Waals surface area contributed by atoms with Crippen LogP contribution in [0, 0.1) is 5.92 Å². The van der Waals surface area contributed by atoms with Crippen molar-refractivity contribution in [2.45, 2.75) is 12.8 Å². The number of ether oxygens (including phenoxy) is 2. The van der Waals surface area contributed by atoms with Gasteiger partial charge in [0.15, 0.2) is 0 Å². The Bertz CT molecular complexity index is 526. The molecular weight excluding hydrogens is 304 g/mol. The van der Waals surface area contributed by atoms with Crippen LogP contribution in [0.3, 0.4) is 0 Å². The number of hydrogen-bond acceptors (Lipinski definition) is 4. The van der Waals surface area contributed by atoms with Crippen molar-refractivity contribution < 1.29 is 14.3 Å². The highest BCUT2D eigenvalue weighted by molar-refractivity contribution is 6.31. The maximum atomic E-state index is 12.5. The first kappa shape index (κ1) is 15.6. The molecule has 2 fully saturated rings. The summed E-state index contributed by atoms with van der Waals surface area (Å²) in [6.07, 6.45) is 1.55. The summed E-state index contributed by atoms with van der Waals surface area (Å²) >= 11 is 6.11. The molecule has 0 atom stereocenters. The molecule has 0 radical (unpaired) electrons. The van der Waals surface area contributed by atoms with Gasteiger partial charge in [-0.25, -0.2) is 0 Å². The van der Waals surface area contributed by atoms with Gasteiger partial charge in [0.05, 0.1) is 24.6 Å². The number of anilines is 2. The second-order valence-corrected chi connectivity index (χ2v) is 6.07. The van der Waals surface area contributed by atoms with Crippen LogP contribution in [0.1, 0.15) is 12.8 Å². The molecule has 0 aromatic heterocycles. The van der Waals surface area contributed by atoms with E-state index in [4.69, 9.17) is 21.1 Å². The highest BCUT2D eigenvalue weighted by atomic mass is 35.5. The molecule has 0 aliphatic carbocycles. The van der Waals surface area contributed by atoms with Gasteiger partial charge in [-0.05, 0) is 31.0 Å². The van der Waals surface area contributed by atoms with E-state index in [2.05, 4.69) is 10.2 Å². The van der Waals surface area contributed by atoms with Gasteiger partial charge in [-0.3, -0.25) is 4.79 Å². The van der Waals surface area contributed by atoms with Crippen molar-refractivity contribution in [3.63, 3.8) is 0 Å². The highest BCUT2D eigenvalue weighted by Crippen LogP contribution is 2.31. The Morgan fingerprint density at radius 3 is 2.55 bits per heavy atom. The number of carbonyl (C=O) groups is 1. The number of amides is 1. The van der Waals surface area contributed by atoms with E-state index in [0.717, 1.165) is 37.3 Å². The van der Waals surface area contributed by atoms with Crippen molar-refractivity contribution in [3.05, 3.63) is 23.2 Å². The summed E-state index contributed by atoms with van der Waals surface area (Å²) in [6.45, 7) is 4.36. The van der Waals surface area contributed by atoms with E-state index < -0.39 is 0 Å².